The maximum absolute atomic E-state index is 11.8. The number of thioether (sulfide) groups is 1. The molecule has 20 heavy (non-hydrogen) atoms. The van der Waals surface area contributed by atoms with Gasteiger partial charge in [-0.1, -0.05) is 11.8 Å². The second-order valence-electron chi connectivity index (χ2n) is 4.52. The predicted molar refractivity (Wildman–Crippen MR) is 73.5 cm³/mol. The number of nitrogens with one attached hydrogen (secondary N) is 1. The number of anilines is 1. The molecule has 2 aromatic rings. The maximum atomic E-state index is 11.8. The van der Waals surface area contributed by atoms with Gasteiger partial charge < -0.3 is 10.4 Å². The standard InChI is InChI=1S/C12H13N5O2S/c18-10-5-1-8(2-6-10)13-11(19)7-20-12-14-15-16-17(12)9-3-4-9/h1-2,5-6,9,18H,3-4,7H2,(H,13,19). The van der Waals surface area contributed by atoms with Crippen LogP contribution < -0.4 is 5.32 Å². The molecule has 1 aliphatic rings. The number of aromatic nitrogens is 4. The van der Waals surface area contributed by atoms with Gasteiger partial charge in [-0.25, -0.2) is 4.68 Å². The second-order valence-corrected chi connectivity index (χ2v) is 5.46. The Labute approximate surface area is 119 Å². The summed E-state index contributed by atoms with van der Waals surface area (Å²) in [5.41, 5.74) is 0.648. The van der Waals surface area contributed by atoms with Crippen LogP contribution in [0.1, 0.15) is 18.9 Å². The fourth-order valence-electron chi connectivity index (χ4n) is 1.70. The van der Waals surface area contributed by atoms with E-state index in [1.54, 1.807) is 16.8 Å². The number of tetrazole rings is 1. The molecule has 0 atom stereocenters. The minimum absolute atomic E-state index is 0.133. The van der Waals surface area contributed by atoms with Crippen LogP contribution in [0.3, 0.4) is 0 Å². The van der Waals surface area contributed by atoms with Gasteiger partial charge in [0, 0.05) is 5.69 Å². The zero-order valence-electron chi connectivity index (χ0n) is 10.6. The van der Waals surface area contributed by atoms with Crippen molar-refractivity contribution in [2.24, 2.45) is 0 Å². The third kappa shape index (κ3) is 3.08. The highest BCUT2D eigenvalue weighted by atomic mass is 32.2. The van der Waals surface area contributed by atoms with Crippen molar-refractivity contribution in [3.63, 3.8) is 0 Å². The summed E-state index contributed by atoms with van der Waals surface area (Å²) in [4.78, 5) is 11.8. The van der Waals surface area contributed by atoms with Crippen LogP contribution in [0.25, 0.3) is 0 Å². The monoisotopic (exact) mass is 291 g/mol. The molecule has 8 heteroatoms. The molecule has 0 bridgehead atoms. The molecule has 2 N–H and O–H groups in total. The fourth-order valence-corrected chi connectivity index (χ4v) is 2.45. The second kappa shape index (κ2) is 5.49. The van der Waals surface area contributed by atoms with Gasteiger partial charge >= 0.3 is 0 Å². The average molecular weight is 291 g/mol. The van der Waals surface area contributed by atoms with Gasteiger partial charge in [0.15, 0.2) is 0 Å². The summed E-state index contributed by atoms with van der Waals surface area (Å²) in [6.45, 7) is 0. The van der Waals surface area contributed by atoms with Crippen molar-refractivity contribution in [2.45, 2.75) is 24.0 Å². The van der Waals surface area contributed by atoms with Gasteiger partial charge in [-0.3, -0.25) is 4.79 Å². The lowest BCUT2D eigenvalue weighted by molar-refractivity contribution is -0.113. The maximum Gasteiger partial charge on any atom is 0.234 e. The lowest BCUT2D eigenvalue weighted by atomic mass is 10.3. The molecule has 1 aliphatic carbocycles. The van der Waals surface area contributed by atoms with Crippen molar-refractivity contribution in [1.82, 2.24) is 20.2 Å². The van der Waals surface area contributed by atoms with Crippen LogP contribution in [-0.2, 0) is 4.79 Å². The third-order valence-corrected chi connectivity index (χ3v) is 3.77. The first-order valence-corrected chi connectivity index (χ1v) is 7.20. The molecule has 1 aromatic carbocycles. The van der Waals surface area contributed by atoms with Crippen molar-refractivity contribution in [2.75, 3.05) is 11.1 Å². The Kier molecular flexibility index (Phi) is 3.55. The number of hydrogen-bond acceptors (Lipinski definition) is 6. The Balaban J connectivity index is 1.54. The smallest absolute Gasteiger partial charge is 0.234 e. The summed E-state index contributed by atoms with van der Waals surface area (Å²) in [5.74, 6) is 0.278. The van der Waals surface area contributed by atoms with E-state index in [4.69, 9.17) is 5.11 Å². The number of amides is 1. The molecule has 1 aromatic heterocycles. The first kappa shape index (κ1) is 12.9. The first-order chi connectivity index (χ1) is 9.72. The molecule has 0 saturated heterocycles. The van der Waals surface area contributed by atoms with Gasteiger partial charge in [-0.15, -0.1) is 5.10 Å². The molecule has 0 unspecified atom stereocenters. The first-order valence-electron chi connectivity index (χ1n) is 6.22. The van der Waals surface area contributed by atoms with Crippen molar-refractivity contribution in [1.29, 1.82) is 0 Å². The predicted octanol–water partition coefficient (Wildman–Crippen LogP) is 1.44. The zero-order chi connectivity index (χ0) is 13.9. The summed E-state index contributed by atoms with van der Waals surface area (Å²) in [6, 6.07) is 6.73. The van der Waals surface area contributed by atoms with Gasteiger partial charge in [-0.05, 0) is 47.5 Å². The number of carbonyl (C=O) groups is 1. The highest BCUT2D eigenvalue weighted by Crippen LogP contribution is 2.36. The van der Waals surface area contributed by atoms with E-state index in [1.165, 1.54) is 23.9 Å². The number of nitrogens with zero attached hydrogens (tertiary/aromatic N) is 4. The van der Waals surface area contributed by atoms with Crippen molar-refractivity contribution < 1.29 is 9.90 Å². The lowest BCUT2D eigenvalue weighted by Gasteiger charge is -2.05. The Morgan fingerprint density at radius 3 is 2.85 bits per heavy atom. The van der Waals surface area contributed by atoms with Gasteiger partial charge in [-0.2, -0.15) is 0 Å². The minimum atomic E-state index is -0.133. The number of benzene rings is 1. The molecule has 1 heterocycles. The summed E-state index contributed by atoms with van der Waals surface area (Å²) in [5, 5.41) is 24.1. The Hall–Kier alpha value is -2.09. The van der Waals surface area contributed by atoms with Gasteiger partial charge in [0.05, 0.1) is 11.8 Å². The number of aromatic hydroxyl groups is 1. The quantitative estimate of drug-likeness (QED) is 0.639. The van der Waals surface area contributed by atoms with E-state index in [0.717, 1.165) is 12.8 Å². The molecular weight excluding hydrogens is 278 g/mol. The Morgan fingerprint density at radius 1 is 1.40 bits per heavy atom. The molecular formula is C12H13N5O2S. The van der Waals surface area contributed by atoms with Crippen LogP contribution >= 0.6 is 11.8 Å². The van der Waals surface area contributed by atoms with E-state index in [9.17, 15) is 4.79 Å². The summed E-state index contributed by atoms with van der Waals surface area (Å²) >= 11 is 1.32. The number of rotatable bonds is 5. The lowest BCUT2D eigenvalue weighted by Crippen LogP contribution is -2.14. The van der Waals surface area contributed by atoms with Crippen LogP contribution in [0, 0.1) is 0 Å². The highest BCUT2D eigenvalue weighted by Gasteiger charge is 2.28. The van der Waals surface area contributed by atoms with Crippen molar-refractivity contribution >= 4 is 23.4 Å². The fraction of sp³-hybridized carbons (Fsp3) is 0.333. The SMILES string of the molecule is O=C(CSc1nnnn1C1CC1)Nc1ccc(O)cc1. The molecule has 0 radical (unpaired) electrons. The van der Waals surface area contributed by atoms with Gasteiger partial charge in [0.2, 0.25) is 11.1 Å². The van der Waals surface area contributed by atoms with Crippen molar-refractivity contribution in [3.05, 3.63) is 24.3 Å². The summed E-state index contributed by atoms with van der Waals surface area (Å²) in [7, 11) is 0. The largest absolute Gasteiger partial charge is 0.508 e. The van der Waals surface area contributed by atoms with Gasteiger partial charge in [0.1, 0.15) is 5.75 Å². The number of hydrogen-bond donors (Lipinski definition) is 2. The van der Waals surface area contributed by atoms with Crippen LogP contribution in [0.2, 0.25) is 0 Å². The molecule has 1 fully saturated rings. The minimum Gasteiger partial charge on any atom is -0.508 e. The summed E-state index contributed by atoms with van der Waals surface area (Å²) < 4.78 is 1.78. The zero-order valence-corrected chi connectivity index (χ0v) is 11.4. The molecule has 3 rings (SSSR count). The Bertz CT molecular complexity index is 609. The van der Waals surface area contributed by atoms with Crippen LogP contribution in [-0.4, -0.2) is 37.0 Å². The Morgan fingerprint density at radius 2 is 2.15 bits per heavy atom. The van der Waals surface area contributed by atoms with Crippen LogP contribution in [0.4, 0.5) is 5.69 Å². The van der Waals surface area contributed by atoms with E-state index in [1.807, 2.05) is 0 Å². The molecule has 7 nitrogen and oxygen atoms in total. The highest BCUT2D eigenvalue weighted by molar-refractivity contribution is 7.99. The van der Waals surface area contributed by atoms with E-state index in [2.05, 4.69) is 20.8 Å². The molecule has 1 saturated carbocycles. The number of carbonyl (C=O) groups excluding carboxylic acids is 1. The molecule has 1 amide bonds. The third-order valence-electron chi connectivity index (χ3n) is 2.84. The summed E-state index contributed by atoms with van der Waals surface area (Å²) in [6.07, 6.45) is 2.19. The average Bonchev–Trinajstić information content (AvgIpc) is 3.18. The van der Waals surface area contributed by atoms with E-state index in [-0.39, 0.29) is 17.4 Å². The van der Waals surface area contributed by atoms with E-state index < -0.39 is 0 Å². The van der Waals surface area contributed by atoms with E-state index in [0.29, 0.717) is 16.9 Å². The van der Waals surface area contributed by atoms with Crippen LogP contribution in [0.15, 0.2) is 29.4 Å². The van der Waals surface area contributed by atoms with Crippen LogP contribution in [0.5, 0.6) is 5.75 Å². The number of phenolic OH excluding ortho intramolecular Hbond substituents is 1. The number of phenols is 1. The topological polar surface area (TPSA) is 92.9 Å². The molecule has 104 valence electrons. The van der Waals surface area contributed by atoms with Crippen molar-refractivity contribution in [3.8, 4) is 5.75 Å². The molecule has 0 spiro atoms. The molecule has 0 aliphatic heterocycles. The van der Waals surface area contributed by atoms with Gasteiger partial charge in [0.25, 0.3) is 0 Å². The van der Waals surface area contributed by atoms with E-state index >= 15 is 0 Å². The normalized spacial score (nSPS) is 14.2.